The Hall–Kier alpha value is -4.21. The maximum absolute atomic E-state index is 13.4. The van der Waals surface area contributed by atoms with Crippen molar-refractivity contribution < 1.29 is 28.2 Å². The molecule has 2 amide bonds. The molecule has 1 fully saturated rings. The van der Waals surface area contributed by atoms with Gasteiger partial charge >= 0.3 is 12.1 Å². The van der Waals surface area contributed by atoms with E-state index in [0.29, 0.717) is 12.0 Å². The molecular weight excluding hydrogens is 491 g/mol. The molecule has 1 saturated carbocycles. The Balaban J connectivity index is 1.52. The highest BCUT2D eigenvalue weighted by atomic mass is 19.1. The molecule has 3 atom stereocenters. The van der Waals surface area contributed by atoms with E-state index in [1.54, 1.807) is 80.3 Å². The monoisotopic (exact) mass is 522 g/mol. The third-order valence-electron chi connectivity index (χ3n) is 6.15. The van der Waals surface area contributed by atoms with Crippen LogP contribution < -0.4 is 5.32 Å². The molecule has 9 nitrogen and oxygen atoms in total. The van der Waals surface area contributed by atoms with Gasteiger partial charge in [0.2, 0.25) is 0 Å². The number of rotatable bonds is 8. The highest BCUT2D eigenvalue weighted by molar-refractivity contribution is 5.97. The summed E-state index contributed by atoms with van der Waals surface area (Å²) in [6, 6.07) is 13.2. The lowest BCUT2D eigenvalue weighted by molar-refractivity contribution is -0.143. The SMILES string of the molecule is COC(=O)[C@H](CN(C(=O)OC(C)(C)C)C1C[C@H]1c1ccc(F)cc1)NC(=O)c1ccc(-n2cccn2)cc1. The number of nitrogens with one attached hydrogen (secondary N) is 1. The van der Waals surface area contributed by atoms with Gasteiger partial charge in [0.15, 0.2) is 0 Å². The Morgan fingerprint density at radius 2 is 1.82 bits per heavy atom. The van der Waals surface area contributed by atoms with E-state index in [0.717, 1.165) is 11.3 Å². The van der Waals surface area contributed by atoms with Crippen molar-refractivity contribution in [3.05, 3.63) is 83.9 Å². The lowest BCUT2D eigenvalue weighted by Gasteiger charge is -2.30. The van der Waals surface area contributed by atoms with Gasteiger partial charge in [0.1, 0.15) is 17.5 Å². The number of benzene rings is 2. The Morgan fingerprint density at radius 3 is 2.39 bits per heavy atom. The van der Waals surface area contributed by atoms with Gasteiger partial charge in [-0.25, -0.2) is 18.7 Å². The van der Waals surface area contributed by atoms with E-state index >= 15 is 0 Å². The number of carbonyl (C=O) groups is 3. The van der Waals surface area contributed by atoms with E-state index in [1.807, 2.05) is 0 Å². The maximum atomic E-state index is 13.4. The highest BCUT2D eigenvalue weighted by Gasteiger charge is 2.47. The minimum Gasteiger partial charge on any atom is -0.467 e. The fourth-order valence-corrected chi connectivity index (χ4v) is 4.21. The number of aromatic nitrogens is 2. The lowest BCUT2D eigenvalue weighted by atomic mass is 10.1. The van der Waals surface area contributed by atoms with E-state index < -0.39 is 29.6 Å². The molecular formula is C28H31FN4O5. The first kappa shape index (κ1) is 26.8. The van der Waals surface area contributed by atoms with Crippen LogP contribution >= 0.6 is 0 Å². The normalized spacial score (nSPS) is 17.3. The summed E-state index contributed by atoms with van der Waals surface area (Å²) in [5, 5.41) is 6.86. The zero-order valence-electron chi connectivity index (χ0n) is 21.8. The van der Waals surface area contributed by atoms with Gasteiger partial charge in [-0.1, -0.05) is 12.1 Å². The minimum atomic E-state index is -1.14. The molecule has 1 N–H and O–H groups in total. The lowest BCUT2D eigenvalue weighted by Crippen LogP contribution is -2.52. The second-order valence-corrected chi connectivity index (χ2v) is 10.1. The third kappa shape index (κ3) is 6.56. The van der Waals surface area contributed by atoms with Gasteiger partial charge in [-0.2, -0.15) is 5.10 Å². The van der Waals surface area contributed by atoms with Crippen LogP contribution in [0.1, 0.15) is 49.0 Å². The van der Waals surface area contributed by atoms with Gasteiger partial charge in [-0.3, -0.25) is 4.79 Å². The molecule has 200 valence electrons. The third-order valence-corrected chi connectivity index (χ3v) is 6.15. The minimum absolute atomic E-state index is 0.0491. The number of carbonyl (C=O) groups excluding carboxylic acids is 3. The molecule has 0 spiro atoms. The average molecular weight is 523 g/mol. The van der Waals surface area contributed by atoms with E-state index in [-0.39, 0.29) is 24.3 Å². The quantitative estimate of drug-likeness (QED) is 0.448. The number of ether oxygens (including phenoxy) is 2. The summed E-state index contributed by atoms with van der Waals surface area (Å²) in [7, 11) is 1.22. The van der Waals surface area contributed by atoms with Crippen molar-refractivity contribution in [2.75, 3.05) is 13.7 Å². The van der Waals surface area contributed by atoms with Gasteiger partial charge < -0.3 is 19.7 Å². The molecule has 3 aromatic rings. The molecule has 2 aromatic carbocycles. The number of esters is 1. The molecule has 1 aliphatic carbocycles. The molecule has 1 aromatic heterocycles. The van der Waals surface area contributed by atoms with Crippen LogP contribution in [0.2, 0.25) is 0 Å². The first-order valence-electron chi connectivity index (χ1n) is 12.3. The van der Waals surface area contributed by atoms with Crippen LogP contribution in [-0.2, 0) is 14.3 Å². The molecule has 0 aliphatic heterocycles. The van der Waals surface area contributed by atoms with Crippen LogP contribution in [0.3, 0.4) is 0 Å². The van der Waals surface area contributed by atoms with Crippen molar-refractivity contribution in [3.63, 3.8) is 0 Å². The number of amides is 2. The fourth-order valence-electron chi connectivity index (χ4n) is 4.21. The van der Waals surface area contributed by atoms with Crippen molar-refractivity contribution in [2.45, 2.75) is 50.8 Å². The number of hydrogen-bond acceptors (Lipinski definition) is 6. The van der Waals surface area contributed by atoms with Crippen molar-refractivity contribution in [1.82, 2.24) is 20.0 Å². The van der Waals surface area contributed by atoms with E-state index in [1.165, 1.54) is 24.1 Å². The van der Waals surface area contributed by atoms with Gasteiger partial charge in [0.25, 0.3) is 5.91 Å². The molecule has 0 saturated heterocycles. The summed E-state index contributed by atoms with van der Waals surface area (Å²) in [4.78, 5) is 40.4. The summed E-state index contributed by atoms with van der Waals surface area (Å²) >= 11 is 0. The molecule has 10 heteroatoms. The summed E-state index contributed by atoms with van der Waals surface area (Å²) in [6.45, 7) is 5.10. The van der Waals surface area contributed by atoms with Crippen molar-refractivity contribution in [1.29, 1.82) is 0 Å². The second-order valence-electron chi connectivity index (χ2n) is 10.1. The predicted octanol–water partition coefficient (Wildman–Crippen LogP) is 4.08. The van der Waals surface area contributed by atoms with E-state index in [4.69, 9.17) is 9.47 Å². The summed E-state index contributed by atoms with van der Waals surface area (Å²) in [6.07, 6.45) is 3.43. The van der Waals surface area contributed by atoms with Crippen LogP contribution in [0.4, 0.5) is 9.18 Å². The zero-order valence-corrected chi connectivity index (χ0v) is 21.8. The molecule has 1 heterocycles. The van der Waals surface area contributed by atoms with Gasteiger partial charge in [-0.15, -0.1) is 0 Å². The van der Waals surface area contributed by atoms with Crippen LogP contribution in [0.5, 0.6) is 0 Å². The molecule has 4 rings (SSSR count). The predicted molar refractivity (Wildman–Crippen MR) is 137 cm³/mol. The van der Waals surface area contributed by atoms with E-state index in [2.05, 4.69) is 10.4 Å². The number of hydrogen-bond donors (Lipinski definition) is 1. The standard InChI is InChI=1S/C28H31FN4O5/c1-28(2,3)38-27(36)32(24-16-22(24)18-6-10-20(29)11-7-18)17-23(26(35)37-4)31-25(34)19-8-12-21(13-9-19)33-15-5-14-30-33/h5-15,22-24H,16-17H2,1-4H3,(H,31,34)/t22-,23-,24?/m0/s1. The van der Waals surface area contributed by atoms with Gasteiger partial charge in [0, 0.05) is 29.9 Å². The number of nitrogens with zero attached hydrogens (tertiary/aromatic N) is 3. The van der Waals surface area contributed by atoms with Gasteiger partial charge in [0.05, 0.1) is 19.3 Å². The number of halogens is 1. The second kappa shape index (κ2) is 11.0. The van der Waals surface area contributed by atoms with Crippen molar-refractivity contribution >= 4 is 18.0 Å². The molecule has 38 heavy (non-hydrogen) atoms. The zero-order chi connectivity index (χ0) is 27.4. The van der Waals surface area contributed by atoms with Gasteiger partial charge in [-0.05, 0) is 75.2 Å². The molecule has 1 unspecified atom stereocenters. The Labute approximate surface area is 220 Å². The first-order chi connectivity index (χ1) is 18.1. The van der Waals surface area contributed by atoms with Crippen LogP contribution in [0, 0.1) is 5.82 Å². The van der Waals surface area contributed by atoms with Crippen LogP contribution in [-0.4, -0.2) is 64.0 Å². The fraction of sp³-hybridized carbons (Fsp3) is 0.357. The van der Waals surface area contributed by atoms with Crippen molar-refractivity contribution in [3.8, 4) is 5.69 Å². The summed E-state index contributed by atoms with van der Waals surface area (Å²) in [5.74, 6) is -1.59. The first-order valence-corrected chi connectivity index (χ1v) is 12.3. The van der Waals surface area contributed by atoms with E-state index in [9.17, 15) is 18.8 Å². The maximum Gasteiger partial charge on any atom is 0.410 e. The Bertz CT molecular complexity index is 1270. The van der Waals surface area contributed by atoms with Crippen LogP contribution in [0.25, 0.3) is 5.69 Å². The van der Waals surface area contributed by atoms with Crippen molar-refractivity contribution in [2.24, 2.45) is 0 Å². The Kier molecular flexibility index (Phi) is 7.80. The summed E-state index contributed by atoms with van der Waals surface area (Å²) < 4.78 is 25.6. The largest absolute Gasteiger partial charge is 0.467 e. The number of methoxy groups -OCH3 is 1. The smallest absolute Gasteiger partial charge is 0.410 e. The summed E-state index contributed by atoms with van der Waals surface area (Å²) in [5.41, 5.74) is 1.21. The van der Waals surface area contributed by atoms with Crippen LogP contribution in [0.15, 0.2) is 67.0 Å². The Morgan fingerprint density at radius 1 is 1.13 bits per heavy atom. The molecule has 1 aliphatic rings. The topological polar surface area (TPSA) is 103 Å². The average Bonchev–Trinajstić information content (AvgIpc) is 3.46. The highest BCUT2D eigenvalue weighted by Crippen LogP contribution is 2.45. The molecule has 0 radical (unpaired) electrons. The molecule has 0 bridgehead atoms.